The van der Waals surface area contributed by atoms with Crippen molar-refractivity contribution in [2.75, 3.05) is 0 Å². The highest BCUT2D eigenvalue weighted by Crippen LogP contribution is 2.31. The summed E-state index contributed by atoms with van der Waals surface area (Å²) in [5, 5.41) is 0. The standard InChI is InChI=1S/C8H18Cl2Si/c1-4-8(5-2)7-11(9,10)6-3/h8H,4-7H2,1-3H3. The predicted octanol–water partition coefficient (Wildman–Crippen LogP) is 4.36. The van der Waals surface area contributed by atoms with E-state index >= 15 is 0 Å². The van der Waals surface area contributed by atoms with Gasteiger partial charge in [-0.15, -0.1) is 22.2 Å². The van der Waals surface area contributed by atoms with Crippen molar-refractivity contribution in [3.05, 3.63) is 0 Å². The summed E-state index contributed by atoms with van der Waals surface area (Å²) >= 11 is 12.4. The second kappa shape index (κ2) is 5.44. The molecule has 3 heteroatoms. The van der Waals surface area contributed by atoms with E-state index in [0.29, 0.717) is 0 Å². The number of hydrogen-bond acceptors (Lipinski definition) is 0. The highest BCUT2D eigenvalue weighted by molar-refractivity contribution is 7.45. The maximum absolute atomic E-state index is 6.18. The number of hydrogen-bond donors (Lipinski definition) is 0. The minimum atomic E-state index is -1.84. The first-order valence-corrected chi connectivity index (χ1v) is 8.87. The van der Waals surface area contributed by atoms with E-state index in [-0.39, 0.29) is 0 Å². The molecule has 0 N–H and O–H groups in total. The van der Waals surface area contributed by atoms with E-state index in [2.05, 4.69) is 20.8 Å². The van der Waals surface area contributed by atoms with Gasteiger partial charge in [0.25, 0.3) is 6.69 Å². The summed E-state index contributed by atoms with van der Waals surface area (Å²) in [4.78, 5) is 0. The molecule has 0 aromatic heterocycles. The Hall–Kier alpha value is 0.797. The SMILES string of the molecule is CCC(CC)C[Si](Cl)(Cl)CC. The van der Waals surface area contributed by atoms with Gasteiger partial charge in [0.1, 0.15) is 0 Å². The Morgan fingerprint density at radius 3 is 1.82 bits per heavy atom. The number of halogens is 2. The highest BCUT2D eigenvalue weighted by atomic mass is 35.7. The molecule has 0 atom stereocenters. The lowest BCUT2D eigenvalue weighted by Gasteiger charge is -2.20. The molecule has 0 aromatic carbocycles. The highest BCUT2D eigenvalue weighted by Gasteiger charge is 2.28. The van der Waals surface area contributed by atoms with Crippen molar-refractivity contribution in [3.63, 3.8) is 0 Å². The summed E-state index contributed by atoms with van der Waals surface area (Å²) in [5.41, 5.74) is 0. The molecule has 0 aromatic rings. The van der Waals surface area contributed by atoms with Crippen molar-refractivity contribution in [2.24, 2.45) is 5.92 Å². The summed E-state index contributed by atoms with van der Waals surface area (Å²) in [7, 11) is 0. The van der Waals surface area contributed by atoms with E-state index in [1.807, 2.05) is 0 Å². The van der Waals surface area contributed by atoms with Crippen LogP contribution in [0.5, 0.6) is 0 Å². The topological polar surface area (TPSA) is 0 Å². The van der Waals surface area contributed by atoms with Gasteiger partial charge in [-0.05, 0) is 18.0 Å². The zero-order valence-corrected chi connectivity index (χ0v) is 10.2. The molecule has 0 aliphatic carbocycles. The average Bonchev–Trinajstić information content (AvgIpc) is 2.00. The average molecular weight is 213 g/mol. The van der Waals surface area contributed by atoms with E-state index in [9.17, 15) is 0 Å². The summed E-state index contributed by atoms with van der Waals surface area (Å²) in [5.74, 6) is 0.747. The van der Waals surface area contributed by atoms with E-state index in [1.54, 1.807) is 0 Å². The Kier molecular flexibility index (Phi) is 5.84. The van der Waals surface area contributed by atoms with E-state index in [4.69, 9.17) is 22.2 Å². The van der Waals surface area contributed by atoms with Crippen LogP contribution in [0.2, 0.25) is 12.1 Å². The fourth-order valence-electron chi connectivity index (χ4n) is 1.14. The molecule has 0 nitrogen and oxygen atoms in total. The lowest BCUT2D eigenvalue weighted by molar-refractivity contribution is 0.539. The maximum atomic E-state index is 6.18. The molecule has 0 saturated heterocycles. The van der Waals surface area contributed by atoms with Crippen LogP contribution in [0.1, 0.15) is 33.6 Å². The zero-order valence-electron chi connectivity index (χ0n) is 7.66. The lowest BCUT2D eigenvalue weighted by atomic mass is 10.1. The second-order valence-corrected chi connectivity index (χ2v) is 10.8. The van der Waals surface area contributed by atoms with Crippen molar-refractivity contribution in [1.82, 2.24) is 0 Å². The fourth-order valence-corrected chi connectivity index (χ4v) is 4.16. The van der Waals surface area contributed by atoms with Crippen molar-refractivity contribution in [3.8, 4) is 0 Å². The second-order valence-electron chi connectivity index (χ2n) is 3.10. The van der Waals surface area contributed by atoms with Gasteiger partial charge in [0.05, 0.1) is 0 Å². The molecule has 0 spiro atoms. The molecule has 0 aliphatic heterocycles. The molecule has 0 radical (unpaired) electrons. The molecule has 0 saturated carbocycles. The van der Waals surface area contributed by atoms with Crippen molar-refractivity contribution < 1.29 is 0 Å². The third kappa shape index (κ3) is 5.10. The largest absolute Gasteiger partial charge is 0.251 e. The van der Waals surface area contributed by atoms with Crippen molar-refractivity contribution in [1.29, 1.82) is 0 Å². The molecular weight excluding hydrogens is 195 g/mol. The fraction of sp³-hybridized carbons (Fsp3) is 1.00. The summed E-state index contributed by atoms with van der Waals surface area (Å²) in [6.07, 6.45) is 2.43. The molecule has 68 valence electrons. The van der Waals surface area contributed by atoms with E-state index in [1.165, 1.54) is 12.8 Å². The molecule has 0 amide bonds. The Balaban J connectivity index is 3.79. The van der Waals surface area contributed by atoms with Crippen molar-refractivity contribution >= 4 is 28.9 Å². The van der Waals surface area contributed by atoms with Gasteiger partial charge < -0.3 is 0 Å². The van der Waals surface area contributed by atoms with Crippen LogP contribution < -0.4 is 0 Å². The summed E-state index contributed by atoms with van der Waals surface area (Å²) in [6.45, 7) is 4.67. The molecule has 11 heavy (non-hydrogen) atoms. The normalized spacial score (nSPS) is 12.5. The van der Waals surface area contributed by atoms with Gasteiger partial charge in [-0.2, -0.15) is 0 Å². The Bertz CT molecular complexity index is 100. The Morgan fingerprint density at radius 1 is 1.09 bits per heavy atom. The third-order valence-corrected chi connectivity index (χ3v) is 7.00. The van der Waals surface area contributed by atoms with Crippen LogP contribution in [0, 0.1) is 5.92 Å². The molecule has 0 heterocycles. The van der Waals surface area contributed by atoms with Crippen LogP contribution in [0.25, 0.3) is 0 Å². The molecule has 0 unspecified atom stereocenters. The van der Waals surface area contributed by atoms with Crippen LogP contribution in [-0.2, 0) is 0 Å². The van der Waals surface area contributed by atoms with Crippen molar-refractivity contribution in [2.45, 2.75) is 45.7 Å². The van der Waals surface area contributed by atoms with Crippen LogP contribution in [0.15, 0.2) is 0 Å². The van der Waals surface area contributed by atoms with E-state index in [0.717, 1.165) is 18.0 Å². The van der Waals surface area contributed by atoms with Crippen LogP contribution >= 0.6 is 22.2 Å². The minimum absolute atomic E-state index is 0.747. The molecule has 0 bridgehead atoms. The van der Waals surface area contributed by atoms with Gasteiger partial charge in [0.2, 0.25) is 0 Å². The van der Waals surface area contributed by atoms with Gasteiger partial charge in [-0.25, -0.2) is 0 Å². The molecule has 0 aliphatic rings. The Morgan fingerprint density at radius 2 is 1.55 bits per heavy atom. The minimum Gasteiger partial charge on any atom is -0.146 e. The predicted molar refractivity (Wildman–Crippen MR) is 56.8 cm³/mol. The zero-order chi connectivity index (χ0) is 8.91. The smallest absolute Gasteiger partial charge is 0.146 e. The van der Waals surface area contributed by atoms with E-state index < -0.39 is 6.69 Å². The van der Waals surface area contributed by atoms with Gasteiger partial charge >= 0.3 is 0 Å². The molecule has 0 rings (SSSR count). The maximum Gasteiger partial charge on any atom is 0.251 e. The first kappa shape index (κ1) is 11.8. The summed E-state index contributed by atoms with van der Waals surface area (Å²) < 4.78 is 0. The van der Waals surface area contributed by atoms with Gasteiger partial charge in [-0.1, -0.05) is 33.6 Å². The first-order chi connectivity index (χ1) is 5.05. The quantitative estimate of drug-likeness (QED) is 0.470. The summed E-state index contributed by atoms with van der Waals surface area (Å²) in [6, 6.07) is 2.05. The Labute approximate surface area is 80.7 Å². The van der Waals surface area contributed by atoms with Crippen LogP contribution in [0.3, 0.4) is 0 Å². The molecule has 0 fully saturated rings. The van der Waals surface area contributed by atoms with Crippen LogP contribution in [0.4, 0.5) is 0 Å². The first-order valence-electron chi connectivity index (χ1n) is 4.43. The molecular formula is C8H18Cl2Si. The van der Waals surface area contributed by atoms with Gasteiger partial charge in [0, 0.05) is 0 Å². The lowest BCUT2D eigenvalue weighted by Crippen LogP contribution is -2.21. The monoisotopic (exact) mass is 212 g/mol. The third-order valence-electron chi connectivity index (χ3n) is 2.26. The van der Waals surface area contributed by atoms with Gasteiger partial charge in [-0.3, -0.25) is 0 Å². The number of rotatable bonds is 5. The van der Waals surface area contributed by atoms with Gasteiger partial charge in [0.15, 0.2) is 0 Å². The van der Waals surface area contributed by atoms with Crippen LogP contribution in [-0.4, -0.2) is 6.69 Å².